The van der Waals surface area contributed by atoms with Gasteiger partial charge in [0.1, 0.15) is 5.60 Å². The summed E-state index contributed by atoms with van der Waals surface area (Å²) in [6, 6.07) is 9.71. The highest BCUT2D eigenvalue weighted by Crippen LogP contribution is 2.51. The van der Waals surface area contributed by atoms with Crippen molar-refractivity contribution in [3.05, 3.63) is 35.9 Å². The van der Waals surface area contributed by atoms with Crippen molar-refractivity contribution in [3.63, 3.8) is 0 Å². The van der Waals surface area contributed by atoms with Gasteiger partial charge in [0.15, 0.2) is 0 Å². The van der Waals surface area contributed by atoms with E-state index in [0.717, 1.165) is 5.56 Å². The summed E-state index contributed by atoms with van der Waals surface area (Å²) in [4.78, 5) is 12.7. The van der Waals surface area contributed by atoms with E-state index in [1.54, 1.807) is 0 Å². The maximum Gasteiger partial charge on any atom is 0.346 e. The zero-order valence-electron chi connectivity index (χ0n) is 13.2. The van der Waals surface area contributed by atoms with Crippen LogP contribution in [0.15, 0.2) is 30.3 Å². The largest absolute Gasteiger partial charge is 0.457 e. The second-order valence-electron chi connectivity index (χ2n) is 7.47. The highest BCUT2D eigenvalue weighted by Gasteiger charge is 2.69. The van der Waals surface area contributed by atoms with Crippen LogP contribution in [-0.2, 0) is 19.9 Å². The van der Waals surface area contributed by atoms with Crippen molar-refractivity contribution in [1.29, 1.82) is 0 Å². The Hall–Kier alpha value is -1.13. The van der Waals surface area contributed by atoms with E-state index < -0.39 is 19.3 Å². The summed E-state index contributed by atoms with van der Waals surface area (Å²) >= 11 is 0. The first kappa shape index (κ1) is 15.3. The highest BCUT2D eigenvalue weighted by molar-refractivity contribution is 6.78. The molecule has 110 valence electrons. The van der Waals surface area contributed by atoms with Gasteiger partial charge in [0.2, 0.25) is 5.60 Å². The lowest BCUT2D eigenvalue weighted by molar-refractivity contribution is -0.162. The first-order valence-electron chi connectivity index (χ1n) is 7.04. The van der Waals surface area contributed by atoms with Crippen LogP contribution in [0, 0.1) is 0 Å². The fraction of sp³-hybridized carbons (Fsp3) is 0.562. The van der Waals surface area contributed by atoms with Crippen molar-refractivity contribution < 1.29 is 14.3 Å². The summed E-state index contributed by atoms with van der Waals surface area (Å²) in [6.45, 7) is 12.3. The average Bonchev–Trinajstić information content (AvgIpc) is 3.04. The van der Waals surface area contributed by atoms with E-state index in [4.69, 9.17) is 9.47 Å². The molecule has 1 fully saturated rings. The lowest BCUT2D eigenvalue weighted by Crippen LogP contribution is -2.40. The second-order valence-corrected chi connectivity index (χ2v) is 12.7. The predicted octanol–water partition coefficient (Wildman–Crippen LogP) is 3.50. The van der Waals surface area contributed by atoms with Gasteiger partial charge >= 0.3 is 5.97 Å². The van der Waals surface area contributed by atoms with Gasteiger partial charge in [-0.05, 0) is 26.3 Å². The van der Waals surface area contributed by atoms with Crippen LogP contribution in [0.1, 0.15) is 26.3 Å². The Balaban J connectivity index is 2.36. The molecule has 2 atom stereocenters. The number of carbonyl (C=O) groups is 1. The van der Waals surface area contributed by atoms with Crippen LogP contribution >= 0.6 is 0 Å². The van der Waals surface area contributed by atoms with Gasteiger partial charge in [-0.3, -0.25) is 0 Å². The molecule has 0 bridgehead atoms. The fourth-order valence-electron chi connectivity index (χ4n) is 2.47. The molecule has 1 aromatic rings. The first-order chi connectivity index (χ1) is 9.07. The third kappa shape index (κ3) is 2.81. The number of hydrogen-bond acceptors (Lipinski definition) is 3. The SMILES string of the molecule is CC(C)(C)OC(=O)[C@@]1(c2ccccc2)O[C@H]1[Si](C)(C)C. The Morgan fingerprint density at radius 1 is 1.20 bits per heavy atom. The number of benzene rings is 1. The van der Waals surface area contributed by atoms with Gasteiger partial charge in [0, 0.05) is 0 Å². The zero-order chi connectivity index (χ0) is 15.2. The van der Waals surface area contributed by atoms with Crippen LogP contribution in [0.5, 0.6) is 0 Å². The minimum absolute atomic E-state index is 0.0211. The topological polar surface area (TPSA) is 38.8 Å². The molecule has 0 amide bonds. The third-order valence-corrected chi connectivity index (χ3v) is 5.40. The van der Waals surface area contributed by atoms with Crippen molar-refractivity contribution in [2.45, 2.75) is 57.3 Å². The van der Waals surface area contributed by atoms with Gasteiger partial charge < -0.3 is 9.47 Å². The summed E-state index contributed by atoms with van der Waals surface area (Å²) in [6.07, 6.45) is 0. The number of epoxide rings is 1. The number of rotatable bonds is 3. The van der Waals surface area contributed by atoms with Gasteiger partial charge in [-0.15, -0.1) is 0 Å². The second kappa shape index (κ2) is 4.71. The third-order valence-electron chi connectivity index (χ3n) is 3.31. The molecule has 0 saturated carbocycles. The molecule has 0 aromatic heterocycles. The Morgan fingerprint density at radius 2 is 1.75 bits per heavy atom. The molecule has 1 saturated heterocycles. The van der Waals surface area contributed by atoms with E-state index in [-0.39, 0.29) is 11.7 Å². The van der Waals surface area contributed by atoms with E-state index in [1.807, 2.05) is 51.1 Å². The summed E-state index contributed by atoms with van der Waals surface area (Å²) in [5.41, 5.74) is -0.512. The van der Waals surface area contributed by atoms with Crippen molar-refractivity contribution in [2.75, 3.05) is 0 Å². The van der Waals surface area contributed by atoms with E-state index in [1.165, 1.54) is 0 Å². The number of hydrogen-bond donors (Lipinski definition) is 0. The summed E-state index contributed by atoms with van der Waals surface area (Å²) in [7, 11) is -1.60. The summed E-state index contributed by atoms with van der Waals surface area (Å²) in [5, 5.41) is 0. The molecule has 2 rings (SSSR count). The monoisotopic (exact) mass is 292 g/mol. The highest BCUT2D eigenvalue weighted by atomic mass is 28.3. The number of ether oxygens (including phenoxy) is 2. The molecule has 4 heteroatoms. The van der Waals surface area contributed by atoms with Gasteiger partial charge in [0.25, 0.3) is 0 Å². The van der Waals surface area contributed by atoms with Crippen molar-refractivity contribution in [3.8, 4) is 0 Å². The molecule has 3 nitrogen and oxygen atoms in total. The average molecular weight is 292 g/mol. The Morgan fingerprint density at radius 3 is 2.15 bits per heavy atom. The molecule has 0 radical (unpaired) electrons. The van der Waals surface area contributed by atoms with Crippen molar-refractivity contribution in [1.82, 2.24) is 0 Å². The van der Waals surface area contributed by atoms with E-state index >= 15 is 0 Å². The number of carbonyl (C=O) groups excluding carboxylic acids is 1. The number of esters is 1. The van der Waals surface area contributed by atoms with Gasteiger partial charge in [-0.25, -0.2) is 4.79 Å². The van der Waals surface area contributed by atoms with Gasteiger partial charge in [0.05, 0.1) is 13.8 Å². The van der Waals surface area contributed by atoms with Gasteiger partial charge in [-0.2, -0.15) is 0 Å². The maximum absolute atomic E-state index is 12.7. The molecule has 0 unspecified atom stereocenters. The summed E-state index contributed by atoms with van der Waals surface area (Å²) in [5.74, 6) is -0.261. The quantitative estimate of drug-likeness (QED) is 0.486. The summed E-state index contributed by atoms with van der Waals surface area (Å²) < 4.78 is 11.6. The predicted molar refractivity (Wildman–Crippen MR) is 82.2 cm³/mol. The molecule has 20 heavy (non-hydrogen) atoms. The Labute approximate surface area is 122 Å². The molecule has 1 aliphatic rings. The normalized spacial score (nSPS) is 26.2. The first-order valence-corrected chi connectivity index (χ1v) is 10.6. The molecule has 0 N–H and O–H groups in total. The van der Waals surface area contributed by atoms with Crippen LogP contribution in [0.3, 0.4) is 0 Å². The molecule has 1 aromatic carbocycles. The molecule has 1 aliphatic heterocycles. The zero-order valence-corrected chi connectivity index (χ0v) is 14.2. The van der Waals surface area contributed by atoms with E-state index in [2.05, 4.69) is 19.6 Å². The minimum atomic E-state index is -1.60. The fourth-order valence-corrected chi connectivity index (χ4v) is 4.51. The van der Waals surface area contributed by atoms with E-state index in [9.17, 15) is 4.79 Å². The van der Waals surface area contributed by atoms with Gasteiger partial charge in [-0.1, -0.05) is 50.0 Å². The molecular formula is C16H24O3Si. The van der Waals surface area contributed by atoms with Crippen LogP contribution in [0.4, 0.5) is 0 Å². The van der Waals surface area contributed by atoms with E-state index in [0.29, 0.717) is 0 Å². The Bertz CT molecular complexity index is 499. The smallest absolute Gasteiger partial charge is 0.346 e. The van der Waals surface area contributed by atoms with Crippen LogP contribution in [0.25, 0.3) is 0 Å². The molecule has 0 aliphatic carbocycles. The minimum Gasteiger partial charge on any atom is -0.457 e. The lowest BCUT2D eigenvalue weighted by Gasteiger charge is -2.24. The van der Waals surface area contributed by atoms with Crippen LogP contribution < -0.4 is 0 Å². The van der Waals surface area contributed by atoms with Crippen molar-refractivity contribution >= 4 is 14.0 Å². The molecule has 0 spiro atoms. The standard InChI is InChI=1S/C16H24O3Si/c1-15(2,3)18-13(17)16(12-10-8-7-9-11-12)14(19-16)20(4,5)6/h7-11,14H,1-6H3/t14-,16+/m0/s1. The Kier molecular flexibility index (Phi) is 3.59. The molecular weight excluding hydrogens is 268 g/mol. The maximum atomic E-state index is 12.7. The van der Waals surface area contributed by atoms with Crippen LogP contribution in [-0.4, -0.2) is 25.4 Å². The van der Waals surface area contributed by atoms with Crippen molar-refractivity contribution in [2.24, 2.45) is 0 Å². The molecule has 1 heterocycles. The lowest BCUT2D eigenvalue weighted by atomic mass is 9.99. The van der Waals surface area contributed by atoms with Crippen LogP contribution in [0.2, 0.25) is 19.6 Å².